The van der Waals surface area contributed by atoms with Crippen LogP contribution >= 0.6 is 0 Å². The summed E-state index contributed by atoms with van der Waals surface area (Å²) in [6.45, 7) is 1.65. The molecular formula is C19H31NO5. The molecule has 1 aliphatic heterocycles. The first-order valence-corrected chi connectivity index (χ1v) is 9.18. The molecule has 1 heterocycles. The summed E-state index contributed by atoms with van der Waals surface area (Å²) in [7, 11) is 0. The molecule has 25 heavy (non-hydrogen) atoms. The van der Waals surface area contributed by atoms with Gasteiger partial charge in [0.2, 0.25) is 5.60 Å². The van der Waals surface area contributed by atoms with Gasteiger partial charge in [0.1, 0.15) is 6.10 Å². The second-order valence-electron chi connectivity index (χ2n) is 6.54. The molecule has 0 aliphatic carbocycles. The number of carbonyl (C=O) groups excluding carboxylic acids is 2. The minimum atomic E-state index is -2.53. The van der Waals surface area contributed by atoms with Crippen LogP contribution in [0, 0.1) is 0 Å². The number of amides is 1. The Labute approximate surface area is 149 Å². The molecule has 6 heteroatoms. The molecule has 1 rings (SSSR count). The van der Waals surface area contributed by atoms with Gasteiger partial charge in [-0.3, -0.25) is 9.59 Å². The van der Waals surface area contributed by atoms with Gasteiger partial charge in [-0.25, -0.2) is 0 Å². The van der Waals surface area contributed by atoms with E-state index in [-0.39, 0.29) is 0 Å². The van der Waals surface area contributed by atoms with E-state index in [1.54, 1.807) is 6.08 Å². The molecule has 0 aromatic rings. The number of rotatable bonds is 12. The van der Waals surface area contributed by atoms with Crippen LogP contribution < -0.4 is 5.32 Å². The monoisotopic (exact) mass is 353 g/mol. The fourth-order valence-electron chi connectivity index (χ4n) is 2.85. The quantitative estimate of drug-likeness (QED) is 0.184. The van der Waals surface area contributed by atoms with Gasteiger partial charge < -0.3 is 20.6 Å². The molecule has 4 N–H and O–H groups in total. The molecule has 1 saturated heterocycles. The molecule has 3 atom stereocenters. The Hall–Kier alpha value is -1.50. The van der Waals surface area contributed by atoms with Gasteiger partial charge in [0.15, 0.2) is 5.78 Å². The van der Waals surface area contributed by atoms with E-state index in [1.807, 2.05) is 6.08 Å². The average Bonchev–Trinajstić information content (AvgIpc) is 2.84. The van der Waals surface area contributed by atoms with Crippen LogP contribution in [0.5, 0.6) is 0 Å². The topological polar surface area (TPSA) is 107 Å². The second kappa shape index (κ2) is 11.2. The first-order chi connectivity index (χ1) is 12.0. The van der Waals surface area contributed by atoms with Crippen LogP contribution in [0.4, 0.5) is 0 Å². The lowest BCUT2D eigenvalue weighted by Gasteiger charge is -2.21. The lowest BCUT2D eigenvalue weighted by Crippen LogP contribution is -2.52. The van der Waals surface area contributed by atoms with Gasteiger partial charge in [-0.05, 0) is 18.9 Å². The molecule has 0 bridgehead atoms. The molecule has 6 nitrogen and oxygen atoms in total. The number of aliphatic hydroxyl groups excluding tert-OH is 2. The Kier molecular flexibility index (Phi) is 9.63. The summed E-state index contributed by atoms with van der Waals surface area (Å²) in [5.41, 5.74) is -2.53. The largest absolute Gasteiger partial charge is 0.394 e. The highest BCUT2D eigenvalue weighted by molar-refractivity contribution is 6.16. The predicted octanol–water partition coefficient (Wildman–Crippen LogP) is 1.39. The maximum Gasteiger partial charge on any atom is 0.263 e. The van der Waals surface area contributed by atoms with E-state index in [1.165, 1.54) is 44.6 Å². The van der Waals surface area contributed by atoms with E-state index in [2.05, 4.69) is 12.2 Å². The molecule has 1 aliphatic rings. The third-order valence-electron chi connectivity index (χ3n) is 4.51. The number of hydrogen-bond donors (Lipinski definition) is 4. The molecule has 1 amide bonds. The van der Waals surface area contributed by atoms with Crippen LogP contribution in [0.25, 0.3) is 0 Å². The molecular weight excluding hydrogens is 322 g/mol. The van der Waals surface area contributed by atoms with E-state index >= 15 is 0 Å². The summed E-state index contributed by atoms with van der Waals surface area (Å²) < 4.78 is 0. The minimum Gasteiger partial charge on any atom is -0.394 e. The van der Waals surface area contributed by atoms with Crippen molar-refractivity contribution in [3.8, 4) is 0 Å². The first kappa shape index (κ1) is 21.5. The molecule has 0 spiro atoms. The Morgan fingerprint density at radius 1 is 1.16 bits per heavy atom. The highest BCUT2D eigenvalue weighted by atomic mass is 16.4. The number of carbonyl (C=O) groups is 2. The second-order valence-corrected chi connectivity index (χ2v) is 6.54. The zero-order valence-electron chi connectivity index (χ0n) is 15.0. The van der Waals surface area contributed by atoms with E-state index in [0.29, 0.717) is 0 Å². The summed E-state index contributed by atoms with van der Waals surface area (Å²) in [5.74, 6) is -1.88. The highest BCUT2D eigenvalue weighted by Gasteiger charge is 2.57. The first-order valence-electron chi connectivity index (χ1n) is 9.18. The molecule has 142 valence electrons. The van der Waals surface area contributed by atoms with Gasteiger partial charge in [0, 0.05) is 0 Å². The Morgan fingerprint density at radius 2 is 1.80 bits per heavy atom. The average molecular weight is 353 g/mol. The summed E-state index contributed by atoms with van der Waals surface area (Å²) in [6.07, 6.45) is 14.1. The van der Waals surface area contributed by atoms with Crippen molar-refractivity contribution in [3.63, 3.8) is 0 Å². The minimum absolute atomic E-state index is 0.551. The van der Waals surface area contributed by atoms with E-state index in [4.69, 9.17) is 5.11 Å². The van der Waals surface area contributed by atoms with Crippen LogP contribution in [0.1, 0.15) is 58.3 Å². The van der Waals surface area contributed by atoms with Crippen LogP contribution in [-0.2, 0) is 9.59 Å². The summed E-state index contributed by atoms with van der Waals surface area (Å²) in [5, 5.41) is 31.2. The van der Waals surface area contributed by atoms with Crippen molar-refractivity contribution >= 4 is 11.7 Å². The maximum absolute atomic E-state index is 12.0. The number of aliphatic hydroxyl groups is 3. The third-order valence-corrected chi connectivity index (χ3v) is 4.51. The maximum atomic E-state index is 12.0. The molecule has 0 radical (unpaired) electrons. The van der Waals surface area contributed by atoms with Crippen molar-refractivity contribution < 1.29 is 24.9 Å². The Morgan fingerprint density at radius 3 is 2.40 bits per heavy atom. The number of hydrogen-bond acceptors (Lipinski definition) is 5. The molecule has 1 fully saturated rings. The normalized spacial score (nSPS) is 26.6. The van der Waals surface area contributed by atoms with E-state index in [0.717, 1.165) is 18.9 Å². The van der Waals surface area contributed by atoms with E-state index in [9.17, 15) is 19.8 Å². The number of nitrogens with one attached hydrogen (secondary N) is 1. The van der Waals surface area contributed by atoms with Crippen LogP contribution in [0.15, 0.2) is 24.3 Å². The van der Waals surface area contributed by atoms with Crippen molar-refractivity contribution in [1.29, 1.82) is 0 Å². The van der Waals surface area contributed by atoms with Crippen molar-refractivity contribution in [3.05, 3.63) is 24.3 Å². The van der Waals surface area contributed by atoms with Gasteiger partial charge in [-0.2, -0.15) is 0 Å². The summed E-state index contributed by atoms with van der Waals surface area (Å²) in [6, 6.07) is -1.04. The predicted molar refractivity (Wildman–Crippen MR) is 95.9 cm³/mol. The van der Waals surface area contributed by atoms with E-state index < -0.39 is 36.0 Å². The van der Waals surface area contributed by atoms with Crippen molar-refractivity contribution in [2.24, 2.45) is 0 Å². The molecule has 0 aromatic heterocycles. The van der Waals surface area contributed by atoms with Crippen LogP contribution in [-0.4, -0.2) is 51.4 Å². The Bertz CT molecular complexity index is 488. The lowest BCUT2D eigenvalue weighted by molar-refractivity contribution is -0.154. The molecule has 0 saturated carbocycles. The number of allylic oxidation sites excluding steroid dienone is 3. The van der Waals surface area contributed by atoms with Crippen molar-refractivity contribution in [1.82, 2.24) is 5.32 Å². The fourth-order valence-corrected chi connectivity index (χ4v) is 2.85. The van der Waals surface area contributed by atoms with Crippen LogP contribution in [0.2, 0.25) is 0 Å². The summed E-state index contributed by atoms with van der Waals surface area (Å²) in [4.78, 5) is 23.8. The van der Waals surface area contributed by atoms with Gasteiger partial charge in [0.05, 0.1) is 12.6 Å². The standard InChI is InChI=1S/C19H31NO5/c1-2-3-4-5-6-7-8-9-10-11-12-13-16(22)19(25)17(23)15(14-21)20-18(19)24/h10-13,15,17,21,23,25H,2-9,14H2,1H3,(H,20,24)/b11-10+,13-12+/t15-,17-,19-/m0/s1. The molecule has 0 aromatic carbocycles. The van der Waals surface area contributed by atoms with Crippen molar-refractivity contribution in [2.75, 3.05) is 6.61 Å². The molecule has 0 unspecified atom stereocenters. The summed E-state index contributed by atoms with van der Waals surface area (Å²) >= 11 is 0. The van der Waals surface area contributed by atoms with Gasteiger partial charge >= 0.3 is 0 Å². The third kappa shape index (κ3) is 6.06. The lowest BCUT2D eigenvalue weighted by atomic mass is 9.91. The Balaban J connectivity index is 2.31. The number of ketones is 1. The fraction of sp³-hybridized carbons (Fsp3) is 0.684. The smallest absolute Gasteiger partial charge is 0.263 e. The zero-order valence-corrected chi connectivity index (χ0v) is 15.0. The van der Waals surface area contributed by atoms with Crippen molar-refractivity contribution in [2.45, 2.75) is 76.0 Å². The van der Waals surface area contributed by atoms with Crippen LogP contribution in [0.3, 0.4) is 0 Å². The highest BCUT2D eigenvalue weighted by Crippen LogP contribution is 2.23. The number of unbranched alkanes of at least 4 members (excludes halogenated alkanes) is 7. The van der Waals surface area contributed by atoms with Gasteiger partial charge in [-0.1, -0.05) is 63.7 Å². The SMILES string of the molecule is CCCCCCCCC/C=C/C=C/C(=O)[C@@]1(O)C(=O)N[C@@H](CO)[C@@H]1O. The van der Waals surface area contributed by atoms with Gasteiger partial charge in [-0.15, -0.1) is 0 Å². The zero-order chi connectivity index (χ0) is 18.7. The van der Waals surface area contributed by atoms with Gasteiger partial charge in [0.25, 0.3) is 5.91 Å².